The summed E-state index contributed by atoms with van der Waals surface area (Å²) in [6.45, 7) is 7.66. The Morgan fingerprint density at radius 3 is 2.67 bits per heavy atom. The van der Waals surface area contributed by atoms with Crippen LogP contribution in [0.5, 0.6) is 0 Å². The molecular formula is C13H18O2. The summed E-state index contributed by atoms with van der Waals surface area (Å²) in [7, 11) is 0. The fourth-order valence-corrected chi connectivity index (χ4v) is 2.19. The smallest absolute Gasteiger partial charge is 0.303 e. The maximum atomic E-state index is 10.9. The second kappa shape index (κ2) is 4.10. The minimum Gasteiger partial charge on any atom is -0.458 e. The third-order valence-electron chi connectivity index (χ3n) is 3.04. The average Bonchev–Trinajstić information content (AvgIpc) is 2.10. The fourth-order valence-electron chi connectivity index (χ4n) is 2.19. The van der Waals surface area contributed by atoms with Crippen LogP contribution in [0.4, 0.5) is 0 Å². The molecule has 2 heteroatoms. The van der Waals surface area contributed by atoms with E-state index in [4.69, 9.17) is 11.2 Å². The maximum Gasteiger partial charge on any atom is 0.303 e. The molecule has 1 aliphatic rings. The highest BCUT2D eigenvalue weighted by Gasteiger charge is 2.33. The molecule has 2 nitrogen and oxygen atoms in total. The van der Waals surface area contributed by atoms with Crippen LogP contribution >= 0.6 is 0 Å². The predicted octanol–water partition coefficient (Wildman–Crippen LogP) is 2.69. The number of hydrogen-bond acceptors (Lipinski definition) is 2. The van der Waals surface area contributed by atoms with Gasteiger partial charge in [0.2, 0.25) is 0 Å². The molecule has 0 N–H and O–H groups in total. The minimum absolute atomic E-state index is 0.0372. The number of esters is 1. The summed E-state index contributed by atoms with van der Waals surface area (Å²) < 4.78 is 5.24. The molecule has 0 fully saturated rings. The van der Waals surface area contributed by atoms with Gasteiger partial charge in [-0.05, 0) is 30.8 Å². The standard InChI is InChI=1S/C13H18O2/c1-6-11-9(2)12(15-10(3)14)7-8-13(11,4)5/h1,12H,7-8H2,2-5H3/t12-/m1/s1. The maximum absolute atomic E-state index is 10.9. The van der Waals surface area contributed by atoms with E-state index in [0.29, 0.717) is 0 Å². The summed E-state index contributed by atoms with van der Waals surface area (Å²) in [5, 5.41) is 0. The molecule has 15 heavy (non-hydrogen) atoms. The van der Waals surface area contributed by atoms with Gasteiger partial charge in [0, 0.05) is 12.5 Å². The summed E-state index contributed by atoms with van der Waals surface area (Å²) >= 11 is 0. The monoisotopic (exact) mass is 206 g/mol. The van der Waals surface area contributed by atoms with Crippen LogP contribution in [0.15, 0.2) is 11.1 Å². The summed E-state index contributed by atoms with van der Waals surface area (Å²) in [4.78, 5) is 10.9. The van der Waals surface area contributed by atoms with Gasteiger partial charge in [0.05, 0.1) is 0 Å². The van der Waals surface area contributed by atoms with E-state index in [9.17, 15) is 4.79 Å². The third kappa shape index (κ3) is 2.41. The SMILES string of the molecule is C#CC1=C(C)[C@H](OC(C)=O)CCC1(C)C. The first kappa shape index (κ1) is 11.8. The zero-order chi connectivity index (χ0) is 11.6. The van der Waals surface area contributed by atoms with E-state index in [1.807, 2.05) is 6.92 Å². The molecule has 1 atom stereocenters. The summed E-state index contributed by atoms with van der Waals surface area (Å²) in [5.74, 6) is 2.50. The van der Waals surface area contributed by atoms with Gasteiger partial charge in [0.25, 0.3) is 0 Å². The van der Waals surface area contributed by atoms with E-state index in [1.165, 1.54) is 6.92 Å². The summed E-state index contributed by atoms with van der Waals surface area (Å²) in [6.07, 6.45) is 7.22. The van der Waals surface area contributed by atoms with Crippen molar-refractivity contribution in [3.63, 3.8) is 0 Å². The van der Waals surface area contributed by atoms with Crippen molar-refractivity contribution in [2.24, 2.45) is 5.41 Å². The average molecular weight is 206 g/mol. The molecule has 0 bridgehead atoms. The van der Waals surface area contributed by atoms with Crippen LogP contribution in [0.1, 0.15) is 40.5 Å². The topological polar surface area (TPSA) is 26.3 Å². The molecular weight excluding hydrogens is 188 g/mol. The van der Waals surface area contributed by atoms with E-state index < -0.39 is 0 Å². The van der Waals surface area contributed by atoms with Gasteiger partial charge in [-0.25, -0.2) is 0 Å². The van der Waals surface area contributed by atoms with Crippen molar-refractivity contribution >= 4 is 5.97 Å². The molecule has 1 aliphatic carbocycles. The van der Waals surface area contributed by atoms with Crippen LogP contribution < -0.4 is 0 Å². The summed E-state index contributed by atoms with van der Waals surface area (Å²) in [5.41, 5.74) is 2.05. The number of terminal acetylenes is 1. The lowest BCUT2D eigenvalue weighted by atomic mass is 9.72. The van der Waals surface area contributed by atoms with Gasteiger partial charge in [0.1, 0.15) is 6.10 Å². The number of rotatable bonds is 1. The number of ether oxygens (including phenoxy) is 1. The lowest BCUT2D eigenvalue weighted by molar-refractivity contribution is -0.145. The van der Waals surface area contributed by atoms with Crippen molar-refractivity contribution in [2.75, 3.05) is 0 Å². The molecule has 0 aromatic carbocycles. The van der Waals surface area contributed by atoms with Crippen molar-refractivity contribution < 1.29 is 9.53 Å². The summed E-state index contributed by atoms with van der Waals surface area (Å²) in [6, 6.07) is 0. The Morgan fingerprint density at radius 2 is 2.20 bits per heavy atom. The Hall–Kier alpha value is -1.23. The molecule has 0 amide bonds. The van der Waals surface area contributed by atoms with E-state index in [2.05, 4.69) is 19.8 Å². The Kier molecular flexibility index (Phi) is 3.24. The first-order valence-corrected chi connectivity index (χ1v) is 5.23. The van der Waals surface area contributed by atoms with Gasteiger partial charge in [0.15, 0.2) is 0 Å². The Morgan fingerprint density at radius 1 is 1.60 bits per heavy atom. The highest BCUT2D eigenvalue weighted by Crippen LogP contribution is 2.40. The van der Waals surface area contributed by atoms with Gasteiger partial charge in [-0.3, -0.25) is 4.79 Å². The molecule has 82 valence electrons. The zero-order valence-corrected chi connectivity index (χ0v) is 9.89. The molecule has 0 unspecified atom stereocenters. The molecule has 0 saturated heterocycles. The minimum atomic E-state index is -0.240. The second-order valence-electron chi connectivity index (χ2n) is 4.72. The number of carbonyl (C=O) groups is 1. The quantitative estimate of drug-likeness (QED) is 0.487. The molecule has 0 aromatic rings. The van der Waals surface area contributed by atoms with Crippen LogP contribution in [0.3, 0.4) is 0 Å². The highest BCUT2D eigenvalue weighted by atomic mass is 16.5. The van der Waals surface area contributed by atoms with Gasteiger partial charge in [-0.2, -0.15) is 0 Å². The van der Waals surface area contributed by atoms with Crippen molar-refractivity contribution in [2.45, 2.75) is 46.6 Å². The molecule has 0 saturated carbocycles. The van der Waals surface area contributed by atoms with Crippen LogP contribution in [-0.2, 0) is 9.53 Å². The predicted molar refractivity (Wildman–Crippen MR) is 60.1 cm³/mol. The first-order chi connectivity index (χ1) is 6.88. The van der Waals surface area contributed by atoms with Crippen LogP contribution in [0.2, 0.25) is 0 Å². The largest absolute Gasteiger partial charge is 0.458 e. The van der Waals surface area contributed by atoms with E-state index >= 15 is 0 Å². The van der Waals surface area contributed by atoms with Gasteiger partial charge >= 0.3 is 5.97 Å². The Labute approximate surface area is 91.7 Å². The number of carbonyl (C=O) groups excluding carboxylic acids is 1. The zero-order valence-electron chi connectivity index (χ0n) is 9.89. The van der Waals surface area contributed by atoms with Gasteiger partial charge < -0.3 is 4.74 Å². The molecule has 1 rings (SSSR count). The molecule has 0 spiro atoms. The normalized spacial score (nSPS) is 24.6. The number of hydrogen-bond donors (Lipinski definition) is 0. The molecule has 0 heterocycles. The first-order valence-electron chi connectivity index (χ1n) is 5.23. The second-order valence-corrected chi connectivity index (χ2v) is 4.72. The van der Waals surface area contributed by atoms with Crippen molar-refractivity contribution in [3.8, 4) is 12.3 Å². The molecule has 0 aromatic heterocycles. The Balaban J connectivity index is 3.01. The van der Waals surface area contributed by atoms with Crippen molar-refractivity contribution in [3.05, 3.63) is 11.1 Å². The third-order valence-corrected chi connectivity index (χ3v) is 3.04. The van der Waals surface area contributed by atoms with E-state index in [-0.39, 0.29) is 17.5 Å². The van der Waals surface area contributed by atoms with Crippen molar-refractivity contribution in [1.29, 1.82) is 0 Å². The Bertz CT molecular complexity index is 342. The van der Waals surface area contributed by atoms with Crippen molar-refractivity contribution in [1.82, 2.24) is 0 Å². The van der Waals surface area contributed by atoms with E-state index in [0.717, 1.165) is 24.0 Å². The van der Waals surface area contributed by atoms with Gasteiger partial charge in [-0.15, -0.1) is 6.42 Å². The fraction of sp³-hybridized carbons (Fsp3) is 0.615. The van der Waals surface area contributed by atoms with Crippen LogP contribution in [-0.4, -0.2) is 12.1 Å². The van der Waals surface area contributed by atoms with Gasteiger partial charge in [-0.1, -0.05) is 19.8 Å². The lowest BCUT2D eigenvalue weighted by Crippen LogP contribution is -2.30. The number of allylic oxidation sites excluding steroid dienone is 1. The highest BCUT2D eigenvalue weighted by molar-refractivity contribution is 5.66. The van der Waals surface area contributed by atoms with Crippen LogP contribution in [0.25, 0.3) is 0 Å². The van der Waals surface area contributed by atoms with E-state index in [1.54, 1.807) is 0 Å². The molecule has 0 aliphatic heterocycles. The van der Waals surface area contributed by atoms with Crippen LogP contribution in [0, 0.1) is 17.8 Å². The lowest BCUT2D eigenvalue weighted by Gasteiger charge is -2.35. The molecule has 0 radical (unpaired) electrons.